The zero-order chi connectivity index (χ0) is 13.2. The van der Waals surface area contributed by atoms with Gasteiger partial charge in [0.15, 0.2) is 0 Å². The summed E-state index contributed by atoms with van der Waals surface area (Å²) in [7, 11) is 1.81. The largest absolute Gasteiger partial charge is 0.392 e. The molecule has 0 radical (unpaired) electrons. The molecular weight excluding hydrogens is 226 g/mol. The van der Waals surface area contributed by atoms with E-state index in [1.54, 1.807) is 0 Å². The van der Waals surface area contributed by atoms with Crippen LogP contribution in [0.4, 0.5) is 0 Å². The van der Waals surface area contributed by atoms with E-state index in [1.807, 2.05) is 7.11 Å². The first-order valence-corrected chi connectivity index (χ1v) is 7.46. The van der Waals surface area contributed by atoms with E-state index in [0.717, 1.165) is 38.9 Å². The van der Waals surface area contributed by atoms with Gasteiger partial charge < -0.3 is 14.7 Å². The average molecular weight is 255 g/mol. The molecule has 0 aromatic carbocycles. The Kier molecular flexibility index (Phi) is 4.68. The third kappa shape index (κ3) is 3.25. The van der Waals surface area contributed by atoms with Crippen LogP contribution in [0.5, 0.6) is 0 Å². The average Bonchev–Trinajstić information content (AvgIpc) is 2.36. The molecule has 3 heteroatoms. The van der Waals surface area contributed by atoms with Crippen molar-refractivity contribution in [1.82, 2.24) is 4.90 Å². The Hall–Kier alpha value is -0.120. The Balaban J connectivity index is 1.82. The molecule has 1 saturated heterocycles. The molecule has 0 amide bonds. The van der Waals surface area contributed by atoms with Crippen LogP contribution in [0.25, 0.3) is 0 Å². The summed E-state index contributed by atoms with van der Waals surface area (Å²) in [5.74, 6) is 0.466. The third-order valence-corrected chi connectivity index (χ3v) is 5.00. The first-order valence-electron chi connectivity index (χ1n) is 7.46. The van der Waals surface area contributed by atoms with Gasteiger partial charge in [0, 0.05) is 26.7 Å². The molecule has 1 N–H and O–H groups in total. The smallest absolute Gasteiger partial charge is 0.0631 e. The van der Waals surface area contributed by atoms with E-state index >= 15 is 0 Å². The van der Waals surface area contributed by atoms with Gasteiger partial charge in [0.2, 0.25) is 0 Å². The summed E-state index contributed by atoms with van der Waals surface area (Å²) in [4.78, 5) is 2.52. The lowest BCUT2D eigenvalue weighted by Crippen LogP contribution is -2.47. The Morgan fingerprint density at radius 3 is 2.50 bits per heavy atom. The molecule has 2 rings (SSSR count). The zero-order valence-corrected chi connectivity index (χ0v) is 12.2. The highest BCUT2D eigenvalue weighted by molar-refractivity contribution is 4.90. The van der Waals surface area contributed by atoms with Crippen molar-refractivity contribution in [3.8, 4) is 0 Å². The standard InChI is InChI=1S/C15H29NO2/c1-15(2)8-4-5-12(14(15)17)11-16-9-6-13(18-3)7-10-16/h12-14,17H,4-11H2,1-3H3. The van der Waals surface area contributed by atoms with Crippen molar-refractivity contribution >= 4 is 0 Å². The maximum atomic E-state index is 10.5. The molecular formula is C15H29NO2. The van der Waals surface area contributed by atoms with Crippen LogP contribution in [0.15, 0.2) is 0 Å². The van der Waals surface area contributed by atoms with E-state index in [1.165, 1.54) is 12.8 Å². The Bertz CT molecular complexity index is 259. The van der Waals surface area contributed by atoms with Gasteiger partial charge in [-0.05, 0) is 37.0 Å². The lowest BCUT2D eigenvalue weighted by atomic mass is 9.69. The van der Waals surface area contributed by atoms with Gasteiger partial charge in [0.1, 0.15) is 0 Å². The maximum absolute atomic E-state index is 10.5. The fourth-order valence-corrected chi connectivity index (χ4v) is 3.61. The number of hydrogen-bond donors (Lipinski definition) is 1. The molecule has 106 valence electrons. The van der Waals surface area contributed by atoms with Gasteiger partial charge in [-0.3, -0.25) is 0 Å². The van der Waals surface area contributed by atoms with Crippen molar-refractivity contribution in [2.24, 2.45) is 11.3 Å². The second-order valence-corrected chi connectivity index (χ2v) is 6.82. The van der Waals surface area contributed by atoms with Crippen LogP contribution >= 0.6 is 0 Å². The number of rotatable bonds is 3. The van der Waals surface area contributed by atoms with E-state index < -0.39 is 0 Å². The number of methoxy groups -OCH3 is 1. The molecule has 1 aliphatic heterocycles. The molecule has 1 heterocycles. The van der Waals surface area contributed by atoms with Crippen LogP contribution in [-0.4, -0.2) is 49.0 Å². The van der Waals surface area contributed by atoms with E-state index in [9.17, 15) is 5.11 Å². The molecule has 1 aliphatic carbocycles. The number of likely N-dealkylation sites (tertiary alicyclic amines) is 1. The van der Waals surface area contributed by atoms with Gasteiger partial charge in [0.25, 0.3) is 0 Å². The predicted molar refractivity (Wildman–Crippen MR) is 73.6 cm³/mol. The molecule has 0 aromatic heterocycles. The van der Waals surface area contributed by atoms with Gasteiger partial charge in [-0.25, -0.2) is 0 Å². The summed E-state index contributed by atoms with van der Waals surface area (Å²) < 4.78 is 5.41. The van der Waals surface area contributed by atoms with Gasteiger partial charge in [0.05, 0.1) is 12.2 Å². The van der Waals surface area contributed by atoms with Gasteiger partial charge in [-0.2, -0.15) is 0 Å². The van der Waals surface area contributed by atoms with Crippen LogP contribution in [0.2, 0.25) is 0 Å². The first kappa shape index (κ1) is 14.3. The lowest BCUT2D eigenvalue weighted by Gasteiger charge is -2.43. The van der Waals surface area contributed by atoms with Crippen molar-refractivity contribution in [3.05, 3.63) is 0 Å². The van der Waals surface area contributed by atoms with Crippen molar-refractivity contribution in [3.63, 3.8) is 0 Å². The summed E-state index contributed by atoms with van der Waals surface area (Å²) in [6.45, 7) is 7.74. The van der Waals surface area contributed by atoms with E-state index in [2.05, 4.69) is 18.7 Å². The molecule has 2 fully saturated rings. The summed E-state index contributed by atoms with van der Waals surface area (Å²) >= 11 is 0. The molecule has 2 aliphatic rings. The van der Waals surface area contributed by atoms with Crippen molar-refractivity contribution in [2.75, 3.05) is 26.7 Å². The molecule has 1 saturated carbocycles. The molecule has 0 spiro atoms. The third-order valence-electron chi connectivity index (χ3n) is 5.00. The number of aliphatic hydroxyl groups is 1. The summed E-state index contributed by atoms with van der Waals surface area (Å²) in [5.41, 5.74) is 0.105. The lowest BCUT2D eigenvalue weighted by molar-refractivity contribution is -0.0493. The van der Waals surface area contributed by atoms with Crippen LogP contribution in [-0.2, 0) is 4.74 Å². The van der Waals surface area contributed by atoms with Crippen molar-refractivity contribution < 1.29 is 9.84 Å². The number of ether oxygens (including phenoxy) is 1. The maximum Gasteiger partial charge on any atom is 0.0631 e. The summed E-state index contributed by atoms with van der Waals surface area (Å²) in [6, 6.07) is 0. The fourth-order valence-electron chi connectivity index (χ4n) is 3.61. The summed E-state index contributed by atoms with van der Waals surface area (Å²) in [6.07, 6.45) is 6.22. The molecule has 0 bridgehead atoms. The highest BCUT2D eigenvalue weighted by Crippen LogP contribution is 2.39. The number of aliphatic hydroxyl groups excluding tert-OH is 1. The monoisotopic (exact) mass is 255 g/mol. The summed E-state index contributed by atoms with van der Waals surface area (Å²) in [5, 5.41) is 10.5. The minimum atomic E-state index is -0.133. The topological polar surface area (TPSA) is 32.7 Å². The van der Waals surface area contributed by atoms with E-state index in [4.69, 9.17) is 4.74 Å². The minimum absolute atomic E-state index is 0.105. The Labute approximate surface area is 112 Å². The second kappa shape index (κ2) is 5.89. The number of nitrogens with zero attached hydrogens (tertiary/aromatic N) is 1. The first-order chi connectivity index (χ1) is 8.53. The van der Waals surface area contributed by atoms with Crippen LogP contribution < -0.4 is 0 Å². The van der Waals surface area contributed by atoms with Crippen LogP contribution in [0, 0.1) is 11.3 Å². The van der Waals surface area contributed by atoms with E-state index in [-0.39, 0.29) is 11.5 Å². The van der Waals surface area contributed by atoms with Crippen LogP contribution in [0.3, 0.4) is 0 Å². The molecule has 3 nitrogen and oxygen atoms in total. The Morgan fingerprint density at radius 1 is 1.22 bits per heavy atom. The van der Waals surface area contributed by atoms with Crippen molar-refractivity contribution in [1.29, 1.82) is 0 Å². The number of hydrogen-bond acceptors (Lipinski definition) is 3. The van der Waals surface area contributed by atoms with Gasteiger partial charge >= 0.3 is 0 Å². The van der Waals surface area contributed by atoms with E-state index in [0.29, 0.717) is 12.0 Å². The van der Waals surface area contributed by atoms with Crippen molar-refractivity contribution in [2.45, 2.75) is 58.2 Å². The second-order valence-electron chi connectivity index (χ2n) is 6.82. The highest BCUT2D eigenvalue weighted by Gasteiger charge is 2.38. The molecule has 2 atom stereocenters. The van der Waals surface area contributed by atoms with Gasteiger partial charge in [-0.1, -0.05) is 20.3 Å². The minimum Gasteiger partial charge on any atom is -0.392 e. The normalized spacial score (nSPS) is 34.7. The quantitative estimate of drug-likeness (QED) is 0.840. The molecule has 18 heavy (non-hydrogen) atoms. The molecule has 2 unspecified atom stereocenters. The fraction of sp³-hybridized carbons (Fsp3) is 1.00. The number of piperidine rings is 1. The Morgan fingerprint density at radius 2 is 1.89 bits per heavy atom. The van der Waals surface area contributed by atoms with Gasteiger partial charge in [-0.15, -0.1) is 0 Å². The predicted octanol–water partition coefficient (Wildman–Crippen LogP) is 2.28. The molecule has 0 aromatic rings. The SMILES string of the molecule is COC1CCN(CC2CCCC(C)(C)C2O)CC1. The highest BCUT2D eigenvalue weighted by atomic mass is 16.5. The van der Waals surface area contributed by atoms with Crippen LogP contribution in [0.1, 0.15) is 46.0 Å². The zero-order valence-electron chi connectivity index (χ0n) is 12.2.